The van der Waals surface area contributed by atoms with Gasteiger partial charge in [-0.05, 0) is 6.07 Å². The average molecular weight is 299 g/mol. The number of hydrogen-bond donors (Lipinski definition) is 1. The molecule has 1 N–H and O–H groups in total. The Morgan fingerprint density at radius 1 is 1.45 bits per heavy atom. The largest absolute Gasteiger partial charge is 0.384 e. The number of non-ortho nitro benzene ring substituents is 1. The van der Waals surface area contributed by atoms with Crippen molar-refractivity contribution < 1.29 is 13.7 Å². The highest BCUT2D eigenvalue weighted by molar-refractivity contribution is 7.09. The molecule has 8 heteroatoms. The van der Waals surface area contributed by atoms with Crippen molar-refractivity contribution in [1.82, 2.24) is 4.98 Å². The summed E-state index contributed by atoms with van der Waals surface area (Å²) in [5.74, 6) is 0. The zero-order chi connectivity index (χ0) is 14.5. The molecule has 0 amide bonds. The number of hydrogen-bond acceptors (Lipinski definition) is 5. The van der Waals surface area contributed by atoms with E-state index in [0.717, 1.165) is 11.1 Å². The molecule has 0 saturated carbocycles. The molecule has 2 rings (SSSR count). The van der Waals surface area contributed by atoms with E-state index in [1.807, 2.05) is 5.38 Å². The summed E-state index contributed by atoms with van der Waals surface area (Å²) in [6.45, 7) is 0.436. The lowest BCUT2D eigenvalue weighted by Crippen LogP contribution is -2.07. The van der Waals surface area contributed by atoms with Gasteiger partial charge in [0.15, 0.2) is 0 Å². The van der Waals surface area contributed by atoms with E-state index >= 15 is 0 Å². The van der Waals surface area contributed by atoms with Crippen LogP contribution in [0.25, 0.3) is 0 Å². The van der Waals surface area contributed by atoms with Gasteiger partial charge in [0.2, 0.25) is 0 Å². The molecule has 1 aromatic heterocycles. The Kier molecular flexibility index (Phi) is 4.57. The molecule has 0 saturated heterocycles. The number of rotatable bonds is 6. The van der Waals surface area contributed by atoms with Gasteiger partial charge in [-0.1, -0.05) is 0 Å². The molecule has 0 unspecified atom stereocenters. The van der Waals surface area contributed by atoms with Gasteiger partial charge in [-0.15, -0.1) is 11.3 Å². The van der Waals surface area contributed by atoms with Crippen LogP contribution in [0.3, 0.4) is 0 Å². The number of nitrogens with one attached hydrogen (secondary N) is 1. The van der Waals surface area contributed by atoms with Crippen molar-refractivity contribution in [3.05, 3.63) is 50.5 Å². The second kappa shape index (κ2) is 6.38. The minimum Gasteiger partial charge on any atom is -0.384 e. The summed E-state index contributed by atoms with van der Waals surface area (Å²) in [7, 11) is 0. The highest BCUT2D eigenvalue weighted by Gasteiger charge is 2.17. The lowest BCUT2D eigenvalue weighted by molar-refractivity contribution is -0.385. The van der Waals surface area contributed by atoms with Gasteiger partial charge >= 0.3 is 0 Å². The van der Waals surface area contributed by atoms with E-state index in [1.165, 1.54) is 23.5 Å². The second-order valence-corrected chi connectivity index (χ2v) is 4.91. The second-order valence-electron chi connectivity index (χ2n) is 3.93. The summed E-state index contributed by atoms with van der Waals surface area (Å²) in [5.41, 5.74) is -0.494. The molecule has 0 radical (unpaired) electrons. The minimum atomic E-state index is -2.77. The molecular weight excluding hydrogens is 288 g/mol. The summed E-state index contributed by atoms with van der Waals surface area (Å²) >= 11 is 1.49. The maximum Gasteiger partial charge on any atom is 0.270 e. The van der Waals surface area contributed by atoms with Crippen molar-refractivity contribution >= 4 is 22.7 Å². The van der Waals surface area contributed by atoms with Crippen LogP contribution in [0.15, 0.2) is 29.8 Å². The number of benzene rings is 1. The zero-order valence-corrected chi connectivity index (χ0v) is 11.1. The highest BCUT2D eigenvalue weighted by Crippen LogP contribution is 2.30. The molecule has 1 aromatic carbocycles. The topological polar surface area (TPSA) is 68.1 Å². The number of nitro groups is 1. The van der Waals surface area contributed by atoms with E-state index in [-0.39, 0.29) is 16.9 Å². The SMILES string of the molecule is O=[N+]([O-])c1ccc(NCCc2nccs2)c(C(F)F)c1. The van der Waals surface area contributed by atoms with E-state index in [4.69, 9.17) is 0 Å². The van der Waals surface area contributed by atoms with Crippen molar-refractivity contribution in [2.75, 3.05) is 11.9 Å². The fourth-order valence-electron chi connectivity index (χ4n) is 1.69. The Morgan fingerprint density at radius 3 is 2.85 bits per heavy atom. The molecule has 20 heavy (non-hydrogen) atoms. The number of halogens is 2. The Morgan fingerprint density at radius 2 is 2.25 bits per heavy atom. The number of nitro benzene ring substituents is 1. The summed E-state index contributed by atoms with van der Waals surface area (Å²) in [6.07, 6.45) is -0.481. The van der Waals surface area contributed by atoms with Gasteiger partial charge in [0.1, 0.15) is 0 Å². The first-order chi connectivity index (χ1) is 9.58. The van der Waals surface area contributed by atoms with E-state index < -0.39 is 11.3 Å². The molecule has 0 aliphatic carbocycles. The summed E-state index contributed by atoms with van der Waals surface area (Å²) < 4.78 is 25.8. The third-order valence-electron chi connectivity index (χ3n) is 2.62. The minimum absolute atomic E-state index is 0.210. The van der Waals surface area contributed by atoms with E-state index in [9.17, 15) is 18.9 Å². The van der Waals surface area contributed by atoms with Gasteiger partial charge in [0.05, 0.1) is 9.93 Å². The number of aromatic nitrogens is 1. The van der Waals surface area contributed by atoms with Crippen molar-refractivity contribution in [3.63, 3.8) is 0 Å². The number of thiazole rings is 1. The number of nitrogens with zero attached hydrogens (tertiary/aromatic N) is 2. The summed E-state index contributed by atoms with van der Waals surface area (Å²) in [6, 6.07) is 3.41. The predicted molar refractivity (Wildman–Crippen MR) is 72.4 cm³/mol. The quantitative estimate of drug-likeness (QED) is 0.653. The number of anilines is 1. The van der Waals surface area contributed by atoms with Crippen LogP contribution in [0.2, 0.25) is 0 Å². The van der Waals surface area contributed by atoms with Gasteiger partial charge in [0, 0.05) is 47.9 Å². The lowest BCUT2D eigenvalue weighted by atomic mass is 10.1. The maximum atomic E-state index is 12.9. The van der Waals surface area contributed by atoms with E-state index in [0.29, 0.717) is 13.0 Å². The Hall–Kier alpha value is -2.09. The smallest absolute Gasteiger partial charge is 0.270 e. The first-order valence-electron chi connectivity index (χ1n) is 5.76. The number of alkyl halides is 2. The van der Waals surface area contributed by atoms with E-state index in [1.54, 1.807) is 6.20 Å². The van der Waals surface area contributed by atoms with Gasteiger partial charge < -0.3 is 5.32 Å². The van der Waals surface area contributed by atoms with Gasteiger partial charge in [-0.25, -0.2) is 13.8 Å². The van der Waals surface area contributed by atoms with Crippen LogP contribution in [0.5, 0.6) is 0 Å². The monoisotopic (exact) mass is 299 g/mol. The van der Waals surface area contributed by atoms with Gasteiger partial charge in [-0.3, -0.25) is 10.1 Å². The summed E-state index contributed by atoms with van der Waals surface area (Å²) in [4.78, 5) is 14.0. The Bertz CT molecular complexity index is 590. The third kappa shape index (κ3) is 3.47. The van der Waals surface area contributed by atoms with E-state index in [2.05, 4.69) is 10.3 Å². The first kappa shape index (κ1) is 14.3. The molecule has 0 atom stereocenters. The molecule has 0 aliphatic heterocycles. The van der Waals surface area contributed by atoms with Crippen molar-refractivity contribution in [3.8, 4) is 0 Å². The van der Waals surface area contributed by atoms with Gasteiger partial charge in [-0.2, -0.15) is 0 Å². The summed E-state index contributed by atoms with van der Waals surface area (Å²) in [5, 5.41) is 16.2. The van der Waals surface area contributed by atoms with Crippen LogP contribution in [-0.2, 0) is 6.42 Å². The normalized spacial score (nSPS) is 10.8. The van der Waals surface area contributed by atoms with Crippen molar-refractivity contribution in [2.45, 2.75) is 12.8 Å². The molecule has 1 heterocycles. The van der Waals surface area contributed by atoms with Gasteiger partial charge in [0.25, 0.3) is 12.1 Å². The molecule has 2 aromatic rings. The fraction of sp³-hybridized carbons (Fsp3) is 0.250. The predicted octanol–water partition coefficient (Wildman–Crippen LogP) is 3.64. The molecular formula is C12H11F2N3O2S. The standard InChI is InChI=1S/C12H11F2N3O2S/c13-12(14)9-7-8(17(18)19)1-2-10(9)15-4-3-11-16-5-6-20-11/h1-2,5-7,12,15H,3-4H2. The molecule has 0 aliphatic rings. The van der Waals surface area contributed by atoms with Crippen molar-refractivity contribution in [1.29, 1.82) is 0 Å². The molecule has 5 nitrogen and oxygen atoms in total. The fourth-order valence-corrected chi connectivity index (χ4v) is 2.31. The Balaban J connectivity index is 2.08. The van der Waals surface area contributed by atoms with Crippen LogP contribution < -0.4 is 5.32 Å². The van der Waals surface area contributed by atoms with Crippen molar-refractivity contribution in [2.24, 2.45) is 0 Å². The first-order valence-corrected chi connectivity index (χ1v) is 6.64. The zero-order valence-electron chi connectivity index (χ0n) is 10.3. The average Bonchev–Trinajstić information content (AvgIpc) is 2.91. The third-order valence-corrected chi connectivity index (χ3v) is 3.46. The van der Waals surface area contributed by atoms with Crippen LogP contribution >= 0.6 is 11.3 Å². The molecule has 106 valence electrons. The molecule has 0 fully saturated rings. The van der Waals surface area contributed by atoms with Crippen LogP contribution in [0.1, 0.15) is 17.0 Å². The van der Waals surface area contributed by atoms with Crippen LogP contribution in [0, 0.1) is 10.1 Å². The Labute approximate surface area is 117 Å². The molecule has 0 spiro atoms. The van der Waals surface area contributed by atoms with Crippen LogP contribution in [0.4, 0.5) is 20.2 Å². The van der Waals surface area contributed by atoms with Crippen LogP contribution in [-0.4, -0.2) is 16.5 Å². The molecule has 0 bridgehead atoms. The lowest BCUT2D eigenvalue weighted by Gasteiger charge is -2.10. The maximum absolute atomic E-state index is 12.9. The highest BCUT2D eigenvalue weighted by atomic mass is 32.1.